The van der Waals surface area contributed by atoms with E-state index in [2.05, 4.69) is 5.32 Å². The van der Waals surface area contributed by atoms with E-state index in [0.29, 0.717) is 23.7 Å². The summed E-state index contributed by atoms with van der Waals surface area (Å²) in [5.41, 5.74) is 0.484. The fraction of sp³-hybridized carbons (Fsp3) is 0.462. The predicted octanol–water partition coefficient (Wildman–Crippen LogP) is 2.91. The average molecular weight is 534 g/mol. The van der Waals surface area contributed by atoms with Gasteiger partial charge in [0.2, 0.25) is 28.6 Å². The lowest BCUT2D eigenvalue weighted by atomic mass is 10.1. The molecule has 10 nitrogen and oxygen atoms in total. The number of carbonyl (C=O) groups is 2. The number of nitrogens with zero attached hydrogens (tertiary/aromatic N) is 2. The molecule has 0 fully saturated rings. The van der Waals surface area contributed by atoms with Crippen LogP contribution < -0.4 is 23.8 Å². The molecule has 0 bridgehead atoms. The van der Waals surface area contributed by atoms with Crippen molar-refractivity contribution in [1.29, 1.82) is 0 Å². The van der Waals surface area contributed by atoms with Crippen molar-refractivity contribution in [2.24, 2.45) is 0 Å². The Morgan fingerprint density at radius 2 is 1.81 bits per heavy atom. The van der Waals surface area contributed by atoms with Crippen LogP contribution in [-0.2, 0) is 26.2 Å². The molecule has 1 heterocycles. The van der Waals surface area contributed by atoms with Crippen LogP contribution in [0, 0.1) is 0 Å². The zero-order chi connectivity index (χ0) is 27.4. The van der Waals surface area contributed by atoms with Gasteiger partial charge in [0.05, 0.1) is 19.1 Å². The molecule has 0 radical (unpaired) electrons. The van der Waals surface area contributed by atoms with Gasteiger partial charge in [0.25, 0.3) is 0 Å². The van der Waals surface area contributed by atoms with Crippen LogP contribution in [0.3, 0.4) is 0 Å². The van der Waals surface area contributed by atoms with Gasteiger partial charge in [-0.05, 0) is 57.0 Å². The van der Waals surface area contributed by atoms with E-state index in [-0.39, 0.29) is 24.9 Å². The molecule has 1 N–H and O–H groups in total. The zero-order valence-corrected chi connectivity index (χ0v) is 22.9. The average Bonchev–Trinajstić information content (AvgIpc) is 3.28. The summed E-state index contributed by atoms with van der Waals surface area (Å²) in [7, 11) is -2.32. The molecule has 0 aromatic heterocycles. The van der Waals surface area contributed by atoms with Gasteiger partial charge in [0.1, 0.15) is 18.3 Å². The van der Waals surface area contributed by atoms with Gasteiger partial charge in [-0.2, -0.15) is 0 Å². The van der Waals surface area contributed by atoms with Crippen molar-refractivity contribution in [1.82, 2.24) is 10.2 Å². The minimum Gasteiger partial charge on any atom is -0.497 e. The number of carbonyl (C=O) groups excluding carboxylic acids is 2. The number of ether oxygens (including phenoxy) is 3. The van der Waals surface area contributed by atoms with Gasteiger partial charge in [-0.1, -0.05) is 19.1 Å². The predicted molar refractivity (Wildman–Crippen MR) is 140 cm³/mol. The first-order valence-corrected chi connectivity index (χ1v) is 13.8. The standard InChI is InChI=1S/C26H35N3O7S/c1-7-21(25(31)27-26(2,3)4)28(15-18-9-8-10-20(13-18)34-5)24(30)16-29(37(6,32)33)19-11-12-22-23(14-19)36-17-35-22/h8-14,21H,7,15-17H2,1-6H3,(H,27,31)/t21-/m1/s1. The third-order valence-electron chi connectivity index (χ3n) is 5.69. The Morgan fingerprint density at radius 3 is 2.43 bits per heavy atom. The molecule has 1 aliphatic heterocycles. The lowest BCUT2D eigenvalue weighted by Gasteiger charge is -2.34. The van der Waals surface area contributed by atoms with Crippen LogP contribution in [0.15, 0.2) is 42.5 Å². The van der Waals surface area contributed by atoms with Crippen LogP contribution >= 0.6 is 0 Å². The number of hydrogen-bond donors (Lipinski definition) is 1. The highest BCUT2D eigenvalue weighted by atomic mass is 32.2. The van der Waals surface area contributed by atoms with Crippen LogP contribution in [0.5, 0.6) is 17.2 Å². The first kappa shape index (κ1) is 28.1. The molecule has 0 aliphatic carbocycles. The highest BCUT2D eigenvalue weighted by molar-refractivity contribution is 7.92. The Labute approximate surface area is 218 Å². The summed E-state index contributed by atoms with van der Waals surface area (Å²) >= 11 is 0. The maximum atomic E-state index is 13.8. The summed E-state index contributed by atoms with van der Waals surface area (Å²) in [5, 5.41) is 2.94. The molecule has 0 spiro atoms. The minimum absolute atomic E-state index is 0.0337. The van der Waals surface area contributed by atoms with Crippen molar-refractivity contribution in [3.05, 3.63) is 48.0 Å². The van der Waals surface area contributed by atoms with Crippen molar-refractivity contribution < 1.29 is 32.2 Å². The van der Waals surface area contributed by atoms with E-state index in [1.165, 1.54) is 11.0 Å². The lowest BCUT2D eigenvalue weighted by Crippen LogP contribution is -2.55. The molecule has 11 heteroatoms. The number of anilines is 1. The van der Waals surface area contributed by atoms with Crippen LogP contribution in [0.2, 0.25) is 0 Å². The fourth-order valence-electron chi connectivity index (χ4n) is 3.99. The van der Waals surface area contributed by atoms with E-state index in [1.54, 1.807) is 37.4 Å². The fourth-order valence-corrected chi connectivity index (χ4v) is 4.84. The van der Waals surface area contributed by atoms with E-state index < -0.39 is 34.1 Å². The summed E-state index contributed by atoms with van der Waals surface area (Å²) in [6, 6.07) is 11.0. The molecule has 1 atom stereocenters. The summed E-state index contributed by atoms with van der Waals surface area (Å²) in [6.07, 6.45) is 1.36. The highest BCUT2D eigenvalue weighted by Crippen LogP contribution is 2.36. The molecule has 37 heavy (non-hydrogen) atoms. The Hall–Kier alpha value is -3.47. The maximum absolute atomic E-state index is 13.8. The number of methoxy groups -OCH3 is 1. The lowest BCUT2D eigenvalue weighted by molar-refractivity contribution is -0.141. The number of benzene rings is 2. The van der Waals surface area contributed by atoms with Gasteiger partial charge < -0.3 is 24.4 Å². The van der Waals surface area contributed by atoms with Crippen molar-refractivity contribution in [2.75, 3.05) is 31.0 Å². The van der Waals surface area contributed by atoms with Crippen LogP contribution in [0.25, 0.3) is 0 Å². The highest BCUT2D eigenvalue weighted by Gasteiger charge is 2.33. The molecule has 2 amide bonds. The van der Waals surface area contributed by atoms with E-state index in [1.807, 2.05) is 33.8 Å². The van der Waals surface area contributed by atoms with Crippen LogP contribution in [0.1, 0.15) is 39.7 Å². The molecule has 0 saturated heterocycles. The Morgan fingerprint density at radius 1 is 1.11 bits per heavy atom. The first-order chi connectivity index (χ1) is 17.3. The van der Waals surface area contributed by atoms with Gasteiger partial charge in [0.15, 0.2) is 11.5 Å². The molecule has 0 unspecified atom stereocenters. The number of fused-ring (bicyclic) bond motifs is 1. The number of amides is 2. The third-order valence-corrected chi connectivity index (χ3v) is 6.84. The second kappa shape index (κ2) is 11.3. The Kier molecular flexibility index (Phi) is 8.57. The molecule has 2 aromatic carbocycles. The van der Waals surface area contributed by atoms with E-state index in [4.69, 9.17) is 14.2 Å². The van der Waals surface area contributed by atoms with E-state index in [0.717, 1.165) is 16.1 Å². The number of rotatable bonds is 10. The molecule has 2 aromatic rings. The quantitative estimate of drug-likeness (QED) is 0.499. The normalized spacial score (nSPS) is 13.6. The Bertz CT molecular complexity index is 1240. The van der Waals surface area contributed by atoms with Crippen molar-refractivity contribution in [2.45, 2.75) is 52.2 Å². The SMILES string of the molecule is CC[C@H](C(=O)NC(C)(C)C)N(Cc1cccc(OC)c1)C(=O)CN(c1ccc2c(c1)OCO2)S(C)(=O)=O. The van der Waals surface area contributed by atoms with Crippen molar-refractivity contribution in [3.63, 3.8) is 0 Å². The molecule has 0 saturated carbocycles. The summed E-state index contributed by atoms with van der Waals surface area (Å²) < 4.78 is 42.6. The summed E-state index contributed by atoms with van der Waals surface area (Å²) in [6.45, 7) is 7.01. The zero-order valence-electron chi connectivity index (χ0n) is 22.1. The summed E-state index contributed by atoms with van der Waals surface area (Å²) in [4.78, 5) is 28.4. The van der Waals surface area contributed by atoms with E-state index >= 15 is 0 Å². The first-order valence-electron chi connectivity index (χ1n) is 11.9. The minimum atomic E-state index is -3.86. The Balaban J connectivity index is 1.97. The number of nitrogens with one attached hydrogen (secondary N) is 1. The van der Waals surface area contributed by atoms with E-state index in [9.17, 15) is 18.0 Å². The molecular weight excluding hydrogens is 498 g/mol. The van der Waals surface area contributed by atoms with Crippen LogP contribution in [-0.4, -0.2) is 63.4 Å². The molecule has 202 valence electrons. The van der Waals surface area contributed by atoms with Gasteiger partial charge in [-0.3, -0.25) is 13.9 Å². The maximum Gasteiger partial charge on any atom is 0.244 e. The smallest absolute Gasteiger partial charge is 0.244 e. The van der Waals surface area contributed by atoms with Crippen LogP contribution in [0.4, 0.5) is 5.69 Å². The van der Waals surface area contributed by atoms with Gasteiger partial charge in [-0.25, -0.2) is 8.42 Å². The largest absolute Gasteiger partial charge is 0.497 e. The van der Waals surface area contributed by atoms with Gasteiger partial charge in [-0.15, -0.1) is 0 Å². The summed E-state index contributed by atoms with van der Waals surface area (Å²) in [5.74, 6) is 0.646. The second-order valence-electron chi connectivity index (χ2n) is 9.84. The third kappa shape index (κ3) is 7.28. The van der Waals surface area contributed by atoms with Gasteiger partial charge >= 0.3 is 0 Å². The van der Waals surface area contributed by atoms with Crippen molar-refractivity contribution in [3.8, 4) is 17.2 Å². The van der Waals surface area contributed by atoms with Gasteiger partial charge in [0, 0.05) is 18.2 Å². The molecule has 1 aliphatic rings. The molecule has 3 rings (SSSR count). The second-order valence-corrected chi connectivity index (χ2v) is 11.8. The molecular formula is C26H35N3O7S. The topological polar surface area (TPSA) is 114 Å². The van der Waals surface area contributed by atoms with Crippen molar-refractivity contribution >= 4 is 27.5 Å². The number of hydrogen-bond acceptors (Lipinski definition) is 7. The monoisotopic (exact) mass is 533 g/mol. The number of sulfonamides is 1.